The zero-order chi connectivity index (χ0) is 41.4. The van der Waals surface area contributed by atoms with Crippen molar-refractivity contribution in [2.24, 2.45) is 11.5 Å². The van der Waals surface area contributed by atoms with Crippen LogP contribution in [0, 0.1) is 13.8 Å². The van der Waals surface area contributed by atoms with E-state index < -0.39 is 23.8 Å². The zero-order valence-corrected chi connectivity index (χ0v) is 33.8. The van der Waals surface area contributed by atoms with Gasteiger partial charge < -0.3 is 41.9 Å². The Hall–Kier alpha value is -5.66. The number of rotatable bonds is 8. The monoisotopic (exact) mass is 895 g/mol. The van der Waals surface area contributed by atoms with E-state index >= 15 is 0 Å². The predicted octanol–water partition coefficient (Wildman–Crippen LogP) is 7.18. The van der Waals surface area contributed by atoms with Crippen molar-refractivity contribution in [3.63, 3.8) is 0 Å². The molecule has 12 nitrogen and oxygen atoms in total. The molecule has 0 spiro atoms. The number of carboxylic acid groups (broad SMARTS) is 2. The van der Waals surface area contributed by atoms with Gasteiger partial charge in [0.25, 0.3) is 0 Å². The third-order valence-corrected chi connectivity index (χ3v) is 8.92. The van der Waals surface area contributed by atoms with Gasteiger partial charge in [-0.15, -0.1) is 0 Å². The van der Waals surface area contributed by atoms with Crippen LogP contribution in [0.4, 0.5) is 22.7 Å². The number of carbonyl (C=O) groups is 4. The van der Waals surface area contributed by atoms with Crippen molar-refractivity contribution in [3.05, 3.63) is 175 Å². The number of anilines is 4. The summed E-state index contributed by atoms with van der Waals surface area (Å²) in [6, 6.07) is 26.1. The van der Waals surface area contributed by atoms with Crippen LogP contribution in [0.3, 0.4) is 0 Å². The van der Waals surface area contributed by atoms with Crippen molar-refractivity contribution >= 4 is 92.9 Å². The fourth-order valence-electron chi connectivity index (χ4n) is 4.38. The Morgan fingerprint density at radius 2 is 0.842 bits per heavy atom. The third kappa shape index (κ3) is 14.4. The summed E-state index contributed by atoms with van der Waals surface area (Å²) >= 11 is 24.5. The molecule has 6 aromatic rings. The van der Waals surface area contributed by atoms with Gasteiger partial charge in [0.15, 0.2) is 0 Å². The SMILES string of the molecule is Cc1ccc(Cl)c(Nc2ccccc2C(=O)[O-])c1Cl.Cc1ccc(Cl)c(Nc2ccccc2C(=O)[O-])c1Cl.NC(=O)c1ccncc1.NC(=O)c1ccncc1.[Cu+2]. The van der Waals surface area contributed by atoms with Crippen LogP contribution in [-0.4, -0.2) is 33.7 Å². The van der Waals surface area contributed by atoms with Gasteiger partial charge in [0, 0.05) is 58.4 Å². The minimum absolute atomic E-state index is 0. The summed E-state index contributed by atoms with van der Waals surface area (Å²) in [6.07, 6.45) is 6.11. The molecule has 0 aliphatic heterocycles. The minimum Gasteiger partial charge on any atom is -0.545 e. The molecule has 57 heavy (non-hydrogen) atoms. The molecule has 297 valence electrons. The Bertz CT molecular complexity index is 2160. The first-order chi connectivity index (χ1) is 26.6. The summed E-state index contributed by atoms with van der Waals surface area (Å²) in [5.74, 6) is -3.36. The number of nitrogens with two attached hydrogens (primary N) is 2. The Morgan fingerprint density at radius 3 is 1.12 bits per heavy atom. The first-order valence-electron chi connectivity index (χ1n) is 16.1. The second-order valence-corrected chi connectivity index (χ2v) is 12.8. The molecule has 0 saturated carbocycles. The van der Waals surface area contributed by atoms with Gasteiger partial charge in [-0.2, -0.15) is 0 Å². The van der Waals surface area contributed by atoms with Crippen LogP contribution < -0.4 is 32.3 Å². The first kappa shape index (κ1) is 47.5. The molecule has 6 rings (SSSR count). The van der Waals surface area contributed by atoms with E-state index in [9.17, 15) is 29.4 Å². The second-order valence-electron chi connectivity index (χ2n) is 11.2. The third-order valence-electron chi connectivity index (χ3n) is 7.31. The molecular formula is C40H32Cl4CuN6O6. The van der Waals surface area contributed by atoms with Gasteiger partial charge in [-0.1, -0.05) is 94.9 Å². The summed E-state index contributed by atoms with van der Waals surface area (Å²) in [5, 5.41) is 29.7. The predicted molar refractivity (Wildman–Crippen MR) is 216 cm³/mol. The fourth-order valence-corrected chi connectivity index (χ4v) is 5.31. The number of halogens is 4. The van der Waals surface area contributed by atoms with Gasteiger partial charge in [-0.25, -0.2) is 0 Å². The Labute approximate surface area is 358 Å². The number of benzene rings is 4. The average Bonchev–Trinajstić information content (AvgIpc) is 3.19. The molecule has 4 aromatic carbocycles. The molecule has 0 atom stereocenters. The van der Waals surface area contributed by atoms with Crippen LogP contribution in [0.15, 0.2) is 122 Å². The Morgan fingerprint density at radius 1 is 0.526 bits per heavy atom. The fraction of sp³-hybridized carbons (Fsp3) is 0.0500. The molecule has 2 amide bonds. The number of nitrogens with zero attached hydrogens (tertiary/aromatic N) is 2. The number of primary amides is 2. The average molecular weight is 898 g/mol. The van der Waals surface area contributed by atoms with E-state index in [0.29, 0.717) is 54.0 Å². The second kappa shape index (κ2) is 23.4. The Balaban J connectivity index is 0.000000276. The quantitative estimate of drug-likeness (QED) is 0.113. The molecular weight excluding hydrogens is 866 g/mol. The summed E-state index contributed by atoms with van der Waals surface area (Å²) in [4.78, 5) is 50.3. The maximum atomic E-state index is 11.0. The first-order valence-corrected chi connectivity index (χ1v) is 17.6. The smallest absolute Gasteiger partial charge is 0.545 e. The van der Waals surface area contributed by atoms with Crippen molar-refractivity contribution in [2.45, 2.75) is 13.8 Å². The molecule has 2 aromatic heterocycles. The largest absolute Gasteiger partial charge is 2.00 e. The molecule has 0 aliphatic rings. The molecule has 17 heteroatoms. The van der Waals surface area contributed by atoms with Gasteiger partial charge in [0.2, 0.25) is 11.8 Å². The van der Waals surface area contributed by atoms with E-state index in [1.165, 1.54) is 36.9 Å². The maximum Gasteiger partial charge on any atom is 2.00 e. The number of aromatic carboxylic acids is 2. The molecule has 1 radical (unpaired) electrons. The van der Waals surface area contributed by atoms with Crippen LogP contribution in [0.2, 0.25) is 20.1 Å². The number of para-hydroxylation sites is 2. The van der Waals surface area contributed by atoms with Gasteiger partial charge >= 0.3 is 17.1 Å². The van der Waals surface area contributed by atoms with E-state index in [4.69, 9.17) is 57.9 Å². The van der Waals surface area contributed by atoms with E-state index in [2.05, 4.69) is 20.6 Å². The molecule has 0 unspecified atom stereocenters. The number of hydrogen-bond donors (Lipinski definition) is 4. The normalized spacial score (nSPS) is 9.65. The number of aryl methyl sites for hydroxylation is 2. The standard InChI is InChI=1S/2C14H11Cl2NO2.2C6H6N2O.Cu/c2*1-8-6-7-10(15)13(12(8)16)17-11-5-3-2-4-9(11)14(18)19;2*7-6(9)5-1-3-8-4-2-5;/h2*2-7,17H,1H3,(H,18,19);2*1-4H,(H2,7,9);/q;;;;+2/p-2. The molecule has 0 saturated heterocycles. The topological polar surface area (TPSA) is 216 Å². The van der Waals surface area contributed by atoms with Crippen molar-refractivity contribution in [1.29, 1.82) is 0 Å². The number of nitrogens with one attached hydrogen (secondary N) is 2. The van der Waals surface area contributed by atoms with E-state index in [1.54, 1.807) is 84.9 Å². The van der Waals surface area contributed by atoms with Gasteiger partial charge in [0.05, 0.1) is 43.4 Å². The molecule has 0 bridgehead atoms. The van der Waals surface area contributed by atoms with E-state index in [1.807, 2.05) is 13.8 Å². The minimum atomic E-state index is -1.26. The van der Waals surface area contributed by atoms with Crippen molar-refractivity contribution in [3.8, 4) is 0 Å². The number of carboxylic acids is 2. The molecule has 0 aliphatic carbocycles. The van der Waals surface area contributed by atoms with E-state index in [-0.39, 0.29) is 28.2 Å². The summed E-state index contributed by atoms with van der Waals surface area (Å²) in [6.45, 7) is 3.68. The summed E-state index contributed by atoms with van der Waals surface area (Å²) in [5.41, 5.74) is 14.4. The van der Waals surface area contributed by atoms with Crippen molar-refractivity contribution in [1.82, 2.24) is 9.97 Å². The summed E-state index contributed by atoms with van der Waals surface area (Å²) < 4.78 is 0. The number of pyridine rings is 2. The van der Waals surface area contributed by atoms with Crippen molar-refractivity contribution in [2.75, 3.05) is 10.6 Å². The van der Waals surface area contributed by atoms with Crippen LogP contribution >= 0.6 is 46.4 Å². The van der Waals surface area contributed by atoms with Crippen molar-refractivity contribution < 1.29 is 46.5 Å². The molecule has 2 heterocycles. The van der Waals surface area contributed by atoms with Gasteiger partial charge in [-0.3, -0.25) is 19.6 Å². The van der Waals surface area contributed by atoms with E-state index in [0.717, 1.165) is 11.1 Å². The maximum absolute atomic E-state index is 11.0. The number of hydrogen-bond acceptors (Lipinski definition) is 10. The van der Waals surface area contributed by atoms with Gasteiger partial charge in [0.1, 0.15) is 0 Å². The molecule has 6 N–H and O–H groups in total. The number of carbonyl (C=O) groups excluding carboxylic acids is 4. The van der Waals surface area contributed by atoms with Crippen LogP contribution in [0.25, 0.3) is 0 Å². The Kier molecular flexibility index (Phi) is 19.5. The van der Waals surface area contributed by atoms with Crippen LogP contribution in [-0.2, 0) is 17.1 Å². The number of aromatic nitrogens is 2. The number of amides is 2. The zero-order valence-electron chi connectivity index (χ0n) is 29.9. The summed E-state index contributed by atoms with van der Waals surface area (Å²) in [7, 11) is 0. The van der Waals surface area contributed by atoms with Crippen LogP contribution in [0.1, 0.15) is 52.6 Å². The van der Waals surface area contributed by atoms with Gasteiger partial charge in [-0.05, 0) is 73.5 Å². The molecule has 0 fully saturated rings. The van der Waals surface area contributed by atoms with Crippen LogP contribution in [0.5, 0.6) is 0 Å².